The average Bonchev–Trinajstić information content (AvgIpc) is 2.64. The van der Waals surface area contributed by atoms with E-state index in [9.17, 15) is 32.7 Å². The third kappa shape index (κ3) is 3.36. The van der Waals surface area contributed by atoms with E-state index in [2.05, 4.69) is 5.10 Å². The van der Waals surface area contributed by atoms with Crippen LogP contribution in [0.15, 0.2) is 41.2 Å². The zero-order valence-corrected chi connectivity index (χ0v) is 13.4. The molecule has 2 N–H and O–H groups in total. The molecule has 0 fully saturated rings. The standard InChI is InChI=1S/C17H10F3N3O4/c18-10-5-6-11(14(20)13(10)19)21-12(24)7-23-16(25)9-4-2-1-3-8(9)15(22-23)17(26)27/h1-6H,7H2,(H,21,24)(H,26,27). The first-order chi connectivity index (χ1) is 12.8. The maximum Gasteiger partial charge on any atom is 0.357 e. The van der Waals surface area contributed by atoms with E-state index in [4.69, 9.17) is 0 Å². The van der Waals surface area contributed by atoms with Gasteiger partial charge in [-0.3, -0.25) is 9.59 Å². The van der Waals surface area contributed by atoms with Gasteiger partial charge in [0, 0.05) is 5.39 Å². The number of hydrogen-bond donors (Lipinski definition) is 2. The quantitative estimate of drug-likeness (QED) is 0.679. The Morgan fingerprint density at radius 1 is 1.04 bits per heavy atom. The molecule has 0 saturated carbocycles. The summed E-state index contributed by atoms with van der Waals surface area (Å²) in [5.74, 6) is -7.19. The molecule has 3 rings (SSSR count). The van der Waals surface area contributed by atoms with Crippen molar-refractivity contribution in [2.45, 2.75) is 6.54 Å². The molecule has 10 heteroatoms. The minimum Gasteiger partial charge on any atom is -0.476 e. The minimum atomic E-state index is -1.76. The van der Waals surface area contributed by atoms with Gasteiger partial charge in [0.2, 0.25) is 5.91 Å². The summed E-state index contributed by atoms with van der Waals surface area (Å²) in [6, 6.07) is 7.24. The summed E-state index contributed by atoms with van der Waals surface area (Å²) < 4.78 is 40.4. The van der Waals surface area contributed by atoms with Gasteiger partial charge in [-0.1, -0.05) is 18.2 Å². The van der Waals surface area contributed by atoms with Gasteiger partial charge in [0.25, 0.3) is 5.56 Å². The van der Waals surface area contributed by atoms with Crippen LogP contribution in [0.3, 0.4) is 0 Å². The molecule has 3 aromatic rings. The molecule has 27 heavy (non-hydrogen) atoms. The van der Waals surface area contributed by atoms with Gasteiger partial charge >= 0.3 is 5.97 Å². The van der Waals surface area contributed by atoms with Crippen LogP contribution in [0, 0.1) is 17.5 Å². The number of carboxylic acid groups (broad SMARTS) is 1. The number of nitrogens with zero attached hydrogens (tertiary/aromatic N) is 2. The SMILES string of the molecule is O=C(Cn1nc(C(=O)O)c2ccccc2c1=O)Nc1ccc(F)c(F)c1F. The number of halogens is 3. The highest BCUT2D eigenvalue weighted by atomic mass is 19.2. The highest BCUT2D eigenvalue weighted by molar-refractivity contribution is 6.01. The fraction of sp³-hybridized carbons (Fsp3) is 0.0588. The Balaban J connectivity index is 1.96. The van der Waals surface area contributed by atoms with Gasteiger partial charge < -0.3 is 10.4 Å². The zero-order valence-electron chi connectivity index (χ0n) is 13.4. The number of anilines is 1. The van der Waals surface area contributed by atoms with Crippen LogP contribution in [-0.2, 0) is 11.3 Å². The molecular weight excluding hydrogens is 367 g/mol. The Labute approximate surface area is 148 Å². The summed E-state index contributed by atoms with van der Waals surface area (Å²) in [5.41, 5.74) is -1.82. The molecule has 0 unspecified atom stereocenters. The van der Waals surface area contributed by atoms with E-state index in [-0.39, 0.29) is 10.8 Å². The highest BCUT2D eigenvalue weighted by Crippen LogP contribution is 2.19. The van der Waals surface area contributed by atoms with Gasteiger partial charge in [-0.2, -0.15) is 5.10 Å². The lowest BCUT2D eigenvalue weighted by atomic mass is 10.1. The second-order valence-electron chi connectivity index (χ2n) is 5.43. The summed E-state index contributed by atoms with van der Waals surface area (Å²) in [5, 5.41) is 15.0. The average molecular weight is 377 g/mol. The number of rotatable bonds is 4. The number of fused-ring (bicyclic) bond motifs is 1. The largest absolute Gasteiger partial charge is 0.476 e. The van der Waals surface area contributed by atoms with Gasteiger partial charge in [-0.25, -0.2) is 22.6 Å². The van der Waals surface area contributed by atoms with E-state index in [1.807, 2.05) is 5.32 Å². The molecule has 0 spiro atoms. The second-order valence-corrected chi connectivity index (χ2v) is 5.43. The Hall–Kier alpha value is -3.69. The number of hydrogen-bond acceptors (Lipinski definition) is 4. The summed E-state index contributed by atoms with van der Waals surface area (Å²) in [4.78, 5) is 35.8. The number of carbonyl (C=O) groups is 2. The van der Waals surface area contributed by atoms with E-state index in [1.54, 1.807) is 0 Å². The first-order valence-electron chi connectivity index (χ1n) is 7.46. The van der Waals surface area contributed by atoms with Gasteiger partial charge in [-0.05, 0) is 18.2 Å². The van der Waals surface area contributed by atoms with E-state index >= 15 is 0 Å². The number of aromatic carboxylic acids is 1. The van der Waals surface area contributed by atoms with E-state index in [1.165, 1.54) is 24.3 Å². The highest BCUT2D eigenvalue weighted by Gasteiger charge is 2.19. The van der Waals surface area contributed by atoms with Crippen molar-refractivity contribution in [2.75, 3.05) is 5.32 Å². The molecule has 0 bridgehead atoms. The van der Waals surface area contributed by atoms with Crippen molar-refractivity contribution in [1.82, 2.24) is 9.78 Å². The van der Waals surface area contributed by atoms with Crippen molar-refractivity contribution < 1.29 is 27.9 Å². The van der Waals surface area contributed by atoms with Crippen molar-refractivity contribution in [3.8, 4) is 0 Å². The Morgan fingerprint density at radius 2 is 1.70 bits per heavy atom. The van der Waals surface area contributed by atoms with Crippen molar-refractivity contribution >= 4 is 28.3 Å². The predicted octanol–water partition coefficient (Wildman–Crippen LogP) is 2.15. The smallest absolute Gasteiger partial charge is 0.357 e. The number of aromatic nitrogens is 2. The molecule has 1 heterocycles. The molecule has 2 aromatic carbocycles. The molecule has 0 saturated heterocycles. The lowest BCUT2D eigenvalue weighted by Crippen LogP contribution is -2.31. The van der Waals surface area contributed by atoms with Gasteiger partial charge in [0.1, 0.15) is 6.54 Å². The van der Waals surface area contributed by atoms with E-state index in [0.29, 0.717) is 10.7 Å². The Morgan fingerprint density at radius 3 is 2.37 bits per heavy atom. The summed E-state index contributed by atoms with van der Waals surface area (Å²) >= 11 is 0. The summed E-state index contributed by atoms with van der Waals surface area (Å²) in [6.45, 7) is -0.762. The zero-order chi connectivity index (χ0) is 19.7. The van der Waals surface area contributed by atoms with Crippen LogP contribution < -0.4 is 10.9 Å². The number of nitrogens with one attached hydrogen (secondary N) is 1. The van der Waals surface area contributed by atoms with Crippen LogP contribution in [0.4, 0.5) is 18.9 Å². The maximum atomic E-state index is 13.6. The van der Waals surface area contributed by atoms with Gasteiger partial charge in [0.05, 0.1) is 11.1 Å². The molecule has 7 nitrogen and oxygen atoms in total. The number of amides is 1. The topological polar surface area (TPSA) is 101 Å². The normalized spacial score (nSPS) is 10.8. The van der Waals surface area contributed by atoms with Crippen LogP contribution in [0.2, 0.25) is 0 Å². The lowest BCUT2D eigenvalue weighted by Gasteiger charge is -2.10. The molecule has 0 atom stereocenters. The number of carbonyl (C=O) groups excluding carboxylic acids is 1. The van der Waals surface area contributed by atoms with Crippen LogP contribution >= 0.6 is 0 Å². The fourth-order valence-electron chi connectivity index (χ4n) is 2.45. The fourth-order valence-corrected chi connectivity index (χ4v) is 2.45. The molecular formula is C17H10F3N3O4. The van der Waals surface area contributed by atoms with Crippen molar-refractivity contribution in [2.24, 2.45) is 0 Å². The number of carboxylic acids is 1. The molecule has 0 aliphatic carbocycles. The first kappa shape index (κ1) is 18.1. The third-order valence-electron chi connectivity index (χ3n) is 3.67. The van der Waals surface area contributed by atoms with Crippen molar-refractivity contribution in [1.29, 1.82) is 0 Å². The van der Waals surface area contributed by atoms with Crippen LogP contribution in [0.1, 0.15) is 10.5 Å². The first-order valence-corrected chi connectivity index (χ1v) is 7.46. The Kier molecular flexibility index (Phi) is 4.63. The van der Waals surface area contributed by atoms with Crippen LogP contribution in [0.25, 0.3) is 10.8 Å². The maximum absolute atomic E-state index is 13.6. The monoisotopic (exact) mass is 377 g/mol. The Bertz CT molecular complexity index is 1140. The summed E-state index contributed by atoms with van der Waals surface area (Å²) in [7, 11) is 0. The van der Waals surface area contributed by atoms with E-state index < -0.39 is 52.8 Å². The third-order valence-corrected chi connectivity index (χ3v) is 3.67. The predicted molar refractivity (Wildman–Crippen MR) is 87.9 cm³/mol. The molecule has 1 aromatic heterocycles. The molecule has 0 aliphatic heterocycles. The van der Waals surface area contributed by atoms with Gasteiger partial charge in [-0.15, -0.1) is 0 Å². The van der Waals surface area contributed by atoms with Crippen molar-refractivity contribution in [3.63, 3.8) is 0 Å². The van der Waals surface area contributed by atoms with Crippen LogP contribution in [-0.4, -0.2) is 26.8 Å². The van der Waals surface area contributed by atoms with Gasteiger partial charge in [0.15, 0.2) is 23.1 Å². The van der Waals surface area contributed by atoms with Crippen molar-refractivity contribution in [3.05, 3.63) is 69.9 Å². The second kappa shape index (κ2) is 6.90. The lowest BCUT2D eigenvalue weighted by molar-refractivity contribution is -0.117. The molecule has 0 aliphatic rings. The van der Waals surface area contributed by atoms with Crippen LogP contribution in [0.5, 0.6) is 0 Å². The summed E-state index contributed by atoms with van der Waals surface area (Å²) in [6.07, 6.45) is 0. The molecule has 0 radical (unpaired) electrons. The number of benzene rings is 2. The molecule has 1 amide bonds. The van der Waals surface area contributed by atoms with E-state index in [0.717, 1.165) is 6.07 Å². The molecule has 138 valence electrons. The minimum absolute atomic E-state index is 0.0247.